The van der Waals surface area contributed by atoms with Gasteiger partial charge >= 0.3 is 5.97 Å². The molecule has 2 unspecified atom stereocenters. The zero-order chi connectivity index (χ0) is 55.0. The molecule has 0 aromatic rings. The highest BCUT2D eigenvalue weighted by molar-refractivity contribution is 5.76. The maximum absolute atomic E-state index is 12.5. The van der Waals surface area contributed by atoms with E-state index in [0.29, 0.717) is 19.4 Å². The van der Waals surface area contributed by atoms with Gasteiger partial charge in [-0.05, 0) is 57.8 Å². The lowest BCUT2D eigenvalue weighted by Gasteiger charge is -2.20. The quantitative estimate of drug-likeness (QED) is 0.0320. The minimum Gasteiger partial charge on any atom is -0.466 e. The highest BCUT2D eigenvalue weighted by Crippen LogP contribution is 2.19. The normalized spacial score (nSPS) is 12.6. The van der Waals surface area contributed by atoms with Crippen molar-refractivity contribution in [1.82, 2.24) is 5.32 Å². The largest absolute Gasteiger partial charge is 0.466 e. The number of rotatable bonds is 65. The molecule has 0 aliphatic heterocycles. The van der Waals surface area contributed by atoms with E-state index in [0.717, 1.165) is 44.9 Å². The second kappa shape index (κ2) is 65.9. The van der Waals surface area contributed by atoms with Gasteiger partial charge in [0.15, 0.2) is 0 Å². The number of unbranched alkanes of at least 4 members (excludes halogenated alkanes) is 52. The fourth-order valence-corrected chi connectivity index (χ4v) is 10.9. The molecule has 1 amide bonds. The van der Waals surface area contributed by atoms with E-state index < -0.39 is 12.1 Å². The molecule has 0 saturated carbocycles. The Labute approximate surface area is 475 Å². The van der Waals surface area contributed by atoms with Gasteiger partial charge in [-0.15, -0.1) is 0 Å². The zero-order valence-corrected chi connectivity index (χ0v) is 51.5. The van der Waals surface area contributed by atoms with Crippen LogP contribution < -0.4 is 5.32 Å². The van der Waals surface area contributed by atoms with E-state index in [1.54, 1.807) is 6.08 Å². The van der Waals surface area contributed by atoms with E-state index in [2.05, 4.69) is 31.3 Å². The first kappa shape index (κ1) is 74.3. The molecule has 3 N–H and O–H groups in total. The second-order valence-corrected chi connectivity index (χ2v) is 23.9. The van der Waals surface area contributed by atoms with E-state index in [4.69, 9.17) is 4.74 Å². The Balaban J connectivity index is 3.38. The summed E-state index contributed by atoms with van der Waals surface area (Å²) >= 11 is 0. The summed E-state index contributed by atoms with van der Waals surface area (Å²) in [4.78, 5) is 24.5. The molecule has 0 bridgehead atoms. The lowest BCUT2D eigenvalue weighted by Crippen LogP contribution is -2.45. The van der Waals surface area contributed by atoms with Crippen LogP contribution in [0.4, 0.5) is 0 Å². The molecule has 0 aliphatic rings. The van der Waals surface area contributed by atoms with Crippen LogP contribution in [0.15, 0.2) is 24.3 Å². The summed E-state index contributed by atoms with van der Waals surface area (Å²) in [5.74, 6) is -0.0534. The lowest BCUT2D eigenvalue weighted by molar-refractivity contribution is -0.143. The maximum atomic E-state index is 12.5. The van der Waals surface area contributed by atoms with Gasteiger partial charge in [0.25, 0.3) is 0 Å². The van der Waals surface area contributed by atoms with Gasteiger partial charge < -0.3 is 20.3 Å². The fourth-order valence-electron chi connectivity index (χ4n) is 10.9. The topological polar surface area (TPSA) is 95.9 Å². The van der Waals surface area contributed by atoms with Gasteiger partial charge in [-0.2, -0.15) is 0 Å². The third kappa shape index (κ3) is 61.6. The van der Waals surface area contributed by atoms with E-state index in [1.165, 1.54) is 315 Å². The smallest absolute Gasteiger partial charge is 0.305 e. The molecule has 0 heterocycles. The van der Waals surface area contributed by atoms with Crippen molar-refractivity contribution in [2.45, 2.75) is 398 Å². The minimum atomic E-state index is -0.843. The number of ether oxygens (including phenoxy) is 1. The summed E-state index contributed by atoms with van der Waals surface area (Å²) in [5, 5.41) is 23.2. The van der Waals surface area contributed by atoms with Crippen LogP contribution in [0.3, 0.4) is 0 Å². The van der Waals surface area contributed by atoms with Crippen LogP contribution in [0, 0.1) is 0 Å². The Morgan fingerprint density at radius 3 is 0.961 bits per heavy atom. The number of hydrogen-bond acceptors (Lipinski definition) is 5. The molecule has 450 valence electrons. The molecule has 0 aliphatic carbocycles. The summed E-state index contributed by atoms with van der Waals surface area (Å²) < 4.78 is 5.47. The van der Waals surface area contributed by atoms with Crippen molar-refractivity contribution in [1.29, 1.82) is 0 Å². The Kier molecular flexibility index (Phi) is 64.4. The Morgan fingerprint density at radius 1 is 0.355 bits per heavy atom. The number of nitrogens with one attached hydrogen (secondary N) is 1. The van der Waals surface area contributed by atoms with Crippen molar-refractivity contribution < 1.29 is 24.5 Å². The second-order valence-electron chi connectivity index (χ2n) is 23.9. The van der Waals surface area contributed by atoms with Crippen LogP contribution in [0.1, 0.15) is 386 Å². The molecule has 0 rings (SSSR count). The highest BCUT2D eigenvalue weighted by atomic mass is 16.5. The number of carbonyl (C=O) groups excluding carboxylic acids is 2. The van der Waals surface area contributed by atoms with Crippen LogP contribution in [0.25, 0.3) is 0 Å². The van der Waals surface area contributed by atoms with Crippen LogP contribution in [-0.2, 0) is 14.3 Å². The van der Waals surface area contributed by atoms with Crippen molar-refractivity contribution in [2.24, 2.45) is 0 Å². The van der Waals surface area contributed by atoms with Crippen LogP contribution >= 0.6 is 0 Å². The Hall–Kier alpha value is -1.66. The Morgan fingerprint density at radius 2 is 0.618 bits per heavy atom. The summed E-state index contributed by atoms with van der Waals surface area (Å²) in [6.07, 6.45) is 82.5. The van der Waals surface area contributed by atoms with Crippen molar-refractivity contribution in [3.05, 3.63) is 24.3 Å². The van der Waals surface area contributed by atoms with Crippen molar-refractivity contribution in [3.8, 4) is 0 Å². The number of aliphatic hydroxyl groups excluding tert-OH is 2. The third-order valence-corrected chi connectivity index (χ3v) is 16.2. The molecular formula is C70H135NO5. The number of aliphatic hydroxyl groups is 2. The molecular weight excluding hydrogens is 935 g/mol. The molecule has 0 radical (unpaired) electrons. The van der Waals surface area contributed by atoms with Gasteiger partial charge in [0.2, 0.25) is 5.91 Å². The molecule has 0 aromatic heterocycles. The van der Waals surface area contributed by atoms with Gasteiger partial charge in [0.1, 0.15) is 0 Å². The molecule has 6 heteroatoms. The number of allylic oxidation sites excluding steroid dienone is 3. The van der Waals surface area contributed by atoms with Crippen LogP contribution in [-0.4, -0.2) is 47.4 Å². The van der Waals surface area contributed by atoms with Gasteiger partial charge in [0.05, 0.1) is 25.4 Å². The van der Waals surface area contributed by atoms with Gasteiger partial charge in [0, 0.05) is 12.8 Å². The van der Waals surface area contributed by atoms with E-state index in [9.17, 15) is 19.8 Å². The van der Waals surface area contributed by atoms with Crippen LogP contribution in [0.2, 0.25) is 0 Å². The first-order valence-electron chi connectivity index (χ1n) is 34.6. The summed E-state index contributed by atoms with van der Waals surface area (Å²) in [7, 11) is 0. The van der Waals surface area contributed by atoms with Crippen molar-refractivity contribution in [3.63, 3.8) is 0 Å². The molecule has 2 atom stereocenters. The average Bonchev–Trinajstić information content (AvgIpc) is 3.42. The van der Waals surface area contributed by atoms with E-state index in [1.807, 2.05) is 6.08 Å². The molecule has 0 aromatic carbocycles. The first-order chi connectivity index (χ1) is 37.5. The number of hydrogen-bond donors (Lipinski definition) is 3. The van der Waals surface area contributed by atoms with Gasteiger partial charge in [-0.3, -0.25) is 9.59 Å². The SMILES string of the molecule is CCCCC/C=C\CCCCCCCC(=O)OCCCCCCCCCCCCCCCCCCCCCCCCCCCCCC(=O)NC(CO)C(O)/C=C/CCCCCCCCCCCCCCCCCCCC. The molecule has 6 nitrogen and oxygen atoms in total. The monoisotopic (exact) mass is 1070 g/mol. The van der Waals surface area contributed by atoms with Gasteiger partial charge in [-0.25, -0.2) is 0 Å². The van der Waals surface area contributed by atoms with E-state index in [-0.39, 0.29) is 18.5 Å². The predicted octanol–water partition coefficient (Wildman–Crippen LogP) is 22.1. The van der Waals surface area contributed by atoms with Crippen molar-refractivity contribution >= 4 is 11.9 Å². The maximum Gasteiger partial charge on any atom is 0.305 e. The standard InChI is InChI=1S/C70H135NO5/c1-3-5-7-9-11-13-15-17-18-19-20-30-33-36-39-42-46-50-54-58-62-68(73)67(66-72)71-69(74)63-59-55-51-47-43-40-37-34-31-28-26-24-22-21-23-25-27-29-32-35-38-41-45-49-53-57-61-65-76-70(75)64-60-56-52-48-44-16-14-12-10-8-6-4-2/h12,14,58,62,67-68,72-73H,3-11,13,15-57,59-61,63-66H2,1-2H3,(H,71,74)/b14-12-,62-58+. The van der Waals surface area contributed by atoms with Crippen molar-refractivity contribution in [2.75, 3.05) is 13.2 Å². The number of amides is 1. The number of esters is 1. The molecule has 0 fully saturated rings. The molecule has 0 saturated heterocycles. The summed E-state index contributed by atoms with van der Waals surface area (Å²) in [6, 6.07) is -0.626. The lowest BCUT2D eigenvalue weighted by atomic mass is 10.0. The average molecular weight is 1070 g/mol. The summed E-state index contributed by atoms with van der Waals surface area (Å²) in [5.41, 5.74) is 0. The summed E-state index contributed by atoms with van der Waals surface area (Å²) in [6.45, 7) is 4.91. The number of carbonyl (C=O) groups is 2. The zero-order valence-electron chi connectivity index (χ0n) is 51.5. The molecule has 0 spiro atoms. The van der Waals surface area contributed by atoms with Gasteiger partial charge in [-0.1, -0.05) is 340 Å². The minimum absolute atomic E-state index is 0.00811. The van der Waals surface area contributed by atoms with Crippen LogP contribution in [0.5, 0.6) is 0 Å². The Bertz CT molecular complexity index is 1190. The third-order valence-electron chi connectivity index (χ3n) is 16.2. The molecule has 76 heavy (non-hydrogen) atoms. The highest BCUT2D eigenvalue weighted by Gasteiger charge is 2.18. The van der Waals surface area contributed by atoms with E-state index >= 15 is 0 Å². The predicted molar refractivity (Wildman–Crippen MR) is 333 cm³/mol. The fraction of sp³-hybridized carbons (Fsp3) is 0.914. The first-order valence-corrected chi connectivity index (χ1v) is 34.6.